The van der Waals surface area contributed by atoms with E-state index in [4.69, 9.17) is 4.74 Å². The summed E-state index contributed by atoms with van der Waals surface area (Å²) < 4.78 is 11.6. The van der Waals surface area contributed by atoms with Gasteiger partial charge in [-0.2, -0.15) is 4.98 Å². The largest absolute Gasteiger partial charge is 0.515 e. The molecule has 1 aromatic heterocycles. The highest BCUT2D eigenvalue weighted by Crippen LogP contribution is 2.16. The number of nitrogens with zero attached hydrogens (tertiary/aromatic N) is 3. The predicted octanol–water partition coefficient (Wildman–Crippen LogP) is 0.864. The first-order chi connectivity index (χ1) is 7.69. The third-order valence-electron chi connectivity index (χ3n) is 2.42. The second kappa shape index (κ2) is 4.52. The van der Waals surface area contributed by atoms with Crippen LogP contribution in [0.25, 0.3) is 0 Å². The van der Waals surface area contributed by atoms with Crippen LogP contribution in [0.2, 0.25) is 0 Å². The van der Waals surface area contributed by atoms with Crippen LogP contribution in [0.15, 0.2) is 6.20 Å². The lowest BCUT2D eigenvalue weighted by Gasteiger charge is -2.22. The van der Waals surface area contributed by atoms with Gasteiger partial charge >= 0.3 is 6.16 Å². The fourth-order valence-corrected chi connectivity index (χ4v) is 1.63. The standard InChI is InChI=1S/C10H15N3O3/c1-3-15-10(14)16-9-7-13-5-4-12(2)6-8(13)11-9/h7H,3-6H2,1-2H3. The Balaban J connectivity index is 2.04. The predicted molar refractivity (Wildman–Crippen MR) is 56.2 cm³/mol. The molecule has 0 saturated heterocycles. The first-order valence-electron chi connectivity index (χ1n) is 5.28. The molecule has 88 valence electrons. The average Bonchev–Trinajstić information content (AvgIpc) is 2.59. The smallest absolute Gasteiger partial charge is 0.434 e. The highest BCUT2D eigenvalue weighted by molar-refractivity contribution is 5.62. The second-order valence-corrected chi connectivity index (χ2v) is 3.71. The Hall–Kier alpha value is -1.56. The number of fused-ring (bicyclic) bond motifs is 1. The maximum Gasteiger partial charge on any atom is 0.515 e. The second-order valence-electron chi connectivity index (χ2n) is 3.71. The molecule has 0 amide bonds. The zero-order valence-electron chi connectivity index (χ0n) is 9.47. The molecular weight excluding hydrogens is 210 g/mol. The van der Waals surface area contributed by atoms with Crippen LogP contribution in [0.1, 0.15) is 12.7 Å². The molecule has 1 aliphatic rings. The molecule has 0 radical (unpaired) electrons. The van der Waals surface area contributed by atoms with E-state index in [1.807, 2.05) is 11.6 Å². The van der Waals surface area contributed by atoms with Gasteiger partial charge in [0, 0.05) is 13.1 Å². The zero-order chi connectivity index (χ0) is 11.5. The normalized spacial score (nSPS) is 15.6. The van der Waals surface area contributed by atoms with Gasteiger partial charge in [0.1, 0.15) is 5.82 Å². The van der Waals surface area contributed by atoms with E-state index in [0.717, 1.165) is 25.5 Å². The SMILES string of the molecule is CCOC(=O)Oc1cn2c(n1)CN(C)CC2. The van der Waals surface area contributed by atoms with E-state index in [2.05, 4.69) is 14.6 Å². The fourth-order valence-electron chi connectivity index (χ4n) is 1.63. The highest BCUT2D eigenvalue weighted by atomic mass is 16.7. The van der Waals surface area contributed by atoms with Crippen molar-refractivity contribution in [2.45, 2.75) is 20.0 Å². The van der Waals surface area contributed by atoms with E-state index < -0.39 is 6.16 Å². The molecule has 1 aliphatic heterocycles. The quantitative estimate of drug-likeness (QED) is 0.699. The topological polar surface area (TPSA) is 56.6 Å². The minimum atomic E-state index is -0.702. The van der Waals surface area contributed by atoms with Crippen molar-refractivity contribution >= 4 is 6.16 Å². The Bertz CT molecular complexity index is 389. The molecule has 0 N–H and O–H groups in total. The molecule has 0 fully saturated rings. The summed E-state index contributed by atoms with van der Waals surface area (Å²) in [5, 5.41) is 0. The molecule has 0 bridgehead atoms. The van der Waals surface area contributed by atoms with Gasteiger partial charge in [0.05, 0.1) is 19.3 Å². The number of ether oxygens (including phenoxy) is 2. The molecule has 16 heavy (non-hydrogen) atoms. The van der Waals surface area contributed by atoms with Crippen LogP contribution in [-0.4, -0.2) is 40.8 Å². The Morgan fingerprint density at radius 2 is 2.38 bits per heavy atom. The summed E-state index contributed by atoms with van der Waals surface area (Å²) in [5.41, 5.74) is 0. The maximum absolute atomic E-state index is 11.1. The Morgan fingerprint density at radius 1 is 1.56 bits per heavy atom. The number of aromatic nitrogens is 2. The monoisotopic (exact) mass is 225 g/mol. The van der Waals surface area contributed by atoms with Crippen molar-refractivity contribution in [2.24, 2.45) is 0 Å². The number of carbonyl (C=O) groups is 1. The third kappa shape index (κ3) is 2.33. The molecule has 0 atom stereocenters. The van der Waals surface area contributed by atoms with Crippen molar-refractivity contribution in [3.63, 3.8) is 0 Å². The van der Waals surface area contributed by atoms with E-state index in [0.29, 0.717) is 12.5 Å². The molecule has 6 nitrogen and oxygen atoms in total. The van der Waals surface area contributed by atoms with Crippen LogP contribution >= 0.6 is 0 Å². The van der Waals surface area contributed by atoms with Crippen molar-refractivity contribution < 1.29 is 14.3 Å². The van der Waals surface area contributed by atoms with Gasteiger partial charge in [-0.15, -0.1) is 0 Å². The van der Waals surface area contributed by atoms with Crippen molar-refractivity contribution in [3.05, 3.63) is 12.0 Å². The van der Waals surface area contributed by atoms with Gasteiger partial charge in [-0.1, -0.05) is 0 Å². The lowest BCUT2D eigenvalue weighted by molar-refractivity contribution is 0.103. The molecule has 0 saturated carbocycles. The first kappa shape index (κ1) is 10.9. The number of likely N-dealkylation sites (N-methyl/N-ethyl adjacent to an activating group) is 1. The fraction of sp³-hybridized carbons (Fsp3) is 0.600. The molecule has 6 heteroatoms. The molecular formula is C10H15N3O3. The lowest BCUT2D eigenvalue weighted by atomic mass is 10.4. The number of hydrogen-bond acceptors (Lipinski definition) is 5. The molecule has 1 aromatic rings. The van der Waals surface area contributed by atoms with Gasteiger partial charge in [0.25, 0.3) is 0 Å². The van der Waals surface area contributed by atoms with Crippen molar-refractivity contribution in [3.8, 4) is 5.88 Å². The Labute approximate surface area is 93.8 Å². The molecule has 2 heterocycles. The first-order valence-corrected chi connectivity index (χ1v) is 5.28. The summed E-state index contributed by atoms with van der Waals surface area (Å²) in [6, 6.07) is 0. The highest BCUT2D eigenvalue weighted by Gasteiger charge is 2.17. The summed E-state index contributed by atoms with van der Waals surface area (Å²) in [4.78, 5) is 17.5. The van der Waals surface area contributed by atoms with E-state index in [9.17, 15) is 4.79 Å². The molecule has 2 rings (SSSR count). The Kier molecular flexibility index (Phi) is 3.09. The lowest BCUT2D eigenvalue weighted by Crippen LogP contribution is -2.30. The summed E-state index contributed by atoms with van der Waals surface area (Å²) in [6.07, 6.45) is 1.03. The van der Waals surface area contributed by atoms with Crippen molar-refractivity contribution in [1.29, 1.82) is 0 Å². The summed E-state index contributed by atoms with van der Waals surface area (Å²) in [5.74, 6) is 1.22. The van der Waals surface area contributed by atoms with E-state index >= 15 is 0 Å². The average molecular weight is 225 g/mol. The van der Waals surface area contributed by atoms with Crippen LogP contribution in [0.4, 0.5) is 4.79 Å². The summed E-state index contributed by atoms with van der Waals surface area (Å²) >= 11 is 0. The van der Waals surface area contributed by atoms with Gasteiger partial charge in [-0.05, 0) is 14.0 Å². The van der Waals surface area contributed by atoms with Crippen LogP contribution in [0.5, 0.6) is 5.88 Å². The number of carbonyl (C=O) groups excluding carboxylic acids is 1. The van der Waals surface area contributed by atoms with Crippen LogP contribution in [0, 0.1) is 0 Å². The third-order valence-corrected chi connectivity index (χ3v) is 2.42. The van der Waals surface area contributed by atoms with Crippen molar-refractivity contribution in [1.82, 2.24) is 14.5 Å². The van der Waals surface area contributed by atoms with Crippen LogP contribution in [0.3, 0.4) is 0 Å². The zero-order valence-corrected chi connectivity index (χ0v) is 9.47. The number of rotatable bonds is 2. The molecule has 0 aliphatic carbocycles. The van der Waals surface area contributed by atoms with Crippen molar-refractivity contribution in [2.75, 3.05) is 20.2 Å². The van der Waals surface area contributed by atoms with Crippen LogP contribution < -0.4 is 4.74 Å². The summed E-state index contributed by atoms with van der Waals surface area (Å²) in [7, 11) is 2.03. The van der Waals surface area contributed by atoms with Gasteiger partial charge in [0.15, 0.2) is 0 Å². The van der Waals surface area contributed by atoms with Gasteiger partial charge < -0.3 is 14.0 Å². The van der Waals surface area contributed by atoms with Gasteiger partial charge in [-0.3, -0.25) is 4.90 Å². The maximum atomic E-state index is 11.1. The van der Waals surface area contributed by atoms with E-state index in [-0.39, 0.29) is 0 Å². The van der Waals surface area contributed by atoms with E-state index in [1.165, 1.54) is 0 Å². The van der Waals surface area contributed by atoms with Gasteiger partial charge in [-0.25, -0.2) is 4.79 Å². The molecule has 0 spiro atoms. The number of hydrogen-bond donors (Lipinski definition) is 0. The molecule has 0 unspecified atom stereocenters. The van der Waals surface area contributed by atoms with E-state index in [1.54, 1.807) is 13.1 Å². The van der Waals surface area contributed by atoms with Gasteiger partial charge in [0.2, 0.25) is 5.88 Å². The minimum Gasteiger partial charge on any atom is -0.434 e. The number of imidazole rings is 1. The molecule has 0 aromatic carbocycles. The Morgan fingerprint density at radius 3 is 3.12 bits per heavy atom. The van der Waals surface area contributed by atoms with Crippen LogP contribution in [-0.2, 0) is 17.8 Å². The summed E-state index contributed by atoms with van der Waals surface area (Å²) in [6.45, 7) is 4.64. The minimum absolute atomic E-state index is 0.301.